The van der Waals surface area contributed by atoms with Gasteiger partial charge in [0.15, 0.2) is 35.6 Å². The highest BCUT2D eigenvalue weighted by atomic mass is 16.7. The number of aromatic hydroxyl groups is 4. The van der Waals surface area contributed by atoms with Gasteiger partial charge >= 0.3 is 5.97 Å². The van der Waals surface area contributed by atoms with E-state index in [0.29, 0.717) is 11.1 Å². The maximum Gasteiger partial charge on any atom is 0.330 e. The minimum absolute atomic E-state index is 0.0645. The van der Waals surface area contributed by atoms with Crippen molar-refractivity contribution < 1.29 is 74.4 Å². The molecule has 44 heavy (non-hydrogen) atoms. The molecule has 0 saturated carbocycles. The van der Waals surface area contributed by atoms with E-state index in [4.69, 9.17) is 23.7 Å². The van der Waals surface area contributed by atoms with Crippen molar-refractivity contribution in [3.63, 3.8) is 0 Å². The number of aliphatic hydroxyl groups excluding tert-OH is 5. The van der Waals surface area contributed by atoms with E-state index < -0.39 is 79.7 Å². The molecule has 0 aliphatic carbocycles. The van der Waals surface area contributed by atoms with Crippen molar-refractivity contribution in [3.05, 3.63) is 53.6 Å². The van der Waals surface area contributed by atoms with E-state index >= 15 is 0 Å². The average molecular weight is 625 g/mol. The molecule has 15 nitrogen and oxygen atoms in total. The molecule has 0 bridgehead atoms. The Kier molecular flexibility index (Phi) is 11.0. The van der Waals surface area contributed by atoms with Crippen molar-refractivity contribution in [3.8, 4) is 23.0 Å². The Morgan fingerprint density at radius 3 is 2.14 bits per heavy atom. The van der Waals surface area contributed by atoms with Crippen LogP contribution >= 0.6 is 0 Å². The number of carbonyl (C=O) groups excluding carboxylic acids is 1. The standard InChI is InChI=1S/C29H36O15/c1-13-22(35)23(36)25(38)29(42-13)44-27-20(12-41-21(34)7-4-14-2-5-16(30)18(32)10-14)43-28(26(39)24(27)37)40-9-8-15-3-6-17(31)19(33)11-15/h2-7,10-11,13,20,22-33,35-39H,8-9,12H2,1H3/t13-,20+,22-,23+,24+,25+,26+,27+,28+,29-/m0/s1. The van der Waals surface area contributed by atoms with Gasteiger partial charge in [-0.1, -0.05) is 12.1 Å². The zero-order valence-electron chi connectivity index (χ0n) is 23.5. The fourth-order valence-corrected chi connectivity index (χ4v) is 4.66. The van der Waals surface area contributed by atoms with E-state index in [0.717, 1.165) is 6.08 Å². The van der Waals surface area contributed by atoms with Gasteiger partial charge in [-0.3, -0.25) is 0 Å². The van der Waals surface area contributed by atoms with Gasteiger partial charge in [0, 0.05) is 6.08 Å². The van der Waals surface area contributed by atoms with Crippen LogP contribution in [-0.4, -0.2) is 127 Å². The summed E-state index contributed by atoms with van der Waals surface area (Å²) in [5.74, 6) is -2.23. The van der Waals surface area contributed by atoms with Crippen molar-refractivity contribution in [2.75, 3.05) is 13.2 Å². The first-order valence-corrected chi connectivity index (χ1v) is 13.7. The van der Waals surface area contributed by atoms with Crippen LogP contribution in [0.3, 0.4) is 0 Å². The van der Waals surface area contributed by atoms with Crippen LogP contribution in [0.2, 0.25) is 0 Å². The van der Waals surface area contributed by atoms with Gasteiger partial charge in [0.1, 0.15) is 49.3 Å². The van der Waals surface area contributed by atoms with Gasteiger partial charge in [0.2, 0.25) is 0 Å². The third kappa shape index (κ3) is 7.95. The minimum atomic E-state index is -1.74. The largest absolute Gasteiger partial charge is 0.504 e. The Labute approximate surface area is 251 Å². The van der Waals surface area contributed by atoms with Crippen LogP contribution in [0.1, 0.15) is 18.1 Å². The zero-order valence-corrected chi connectivity index (χ0v) is 23.5. The molecule has 2 aromatic carbocycles. The highest BCUT2D eigenvalue weighted by Crippen LogP contribution is 2.31. The zero-order chi connectivity index (χ0) is 32.1. The molecule has 2 aliphatic rings. The van der Waals surface area contributed by atoms with Crippen LogP contribution in [0.25, 0.3) is 6.08 Å². The van der Waals surface area contributed by atoms with Crippen LogP contribution in [0.15, 0.2) is 42.5 Å². The summed E-state index contributed by atoms with van der Waals surface area (Å²) < 4.78 is 27.8. The molecule has 15 heteroatoms. The summed E-state index contributed by atoms with van der Waals surface area (Å²) in [4.78, 5) is 12.5. The van der Waals surface area contributed by atoms with Crippen LogP contribution in [0, 0.1) is 0 Å². The number of hydrogen-bond donors (Lipinski definition) is 9. The molecule has 2 saturated heterocycles. The molecular weight excluding hydrogens is 588 g/mol. The fourth-order valence-electron chi connectivity index (χ4n) is 4.66. The Balaban J connectivity index is 1.45. The molecule has 2 heterocycles. The number of hydrogen-bond acceptors (Lipinski definition) is 15. The van der Waals surface area contributed by atoms with Gasteiger partial charge in [-0.25, -0.2) is 4.79 Å². The lowest BCUT2D eigenvalue weighted by atomic mass is 9.97. The van der Waals surface area contributed by atoms with Gasteiger partial charge in [-0.05, 0) is 54.8 Å². The molecule has 0 radical (unpaired) electrons. The lowest BCUT2D eigenvalue weighted by molar-refractivity contribution is -0.356. The lowest BCUT2D eigenvalue weighted by Gasteiger charge is -2.45. The molecule has 0 spiro atoms. The average Bonchev–Trinajstić information content (AvgIpc) is 2.99. The lowest BCUT2D eigenvalue weighted by Crippen LogP contribution is -2.64. The number of rotatable bonds is 10. The molecule has 242 valence electrons. The molecule has 0 aromatic heterocycles. The number of benzene rings is 2. The summed E-state index contributed by atoms with van der Waals surface area (Å²) in [5.41, 5.74) is 0.963. The van der Waals surface area contributed by atoms with E-state index in [1.165, 1.54) is 43.3 Å². The Morgan fingerprint density at radius 1 is 0.795 bits per heavy atom. The molecule has 2 aromatic rings. The van der Waals surface area contributed by atoms with Gasteiger partial charge < -0.3 is 69.6 Å². The molecule has 9 N–H and O–H groups in total. The third-order valence-corrected chi connectivity index (χ3v) is 7.25. The van der Waals surface area contributed by atoms with Crippen LogP contribution in [0.4, 0.5) is 0 Å². The van der Waals surface area contributed by atoms with Crippen LogP contribution in [0.5, 0.6) is 23.0 Å². The third-order valence-electron chi connectivity index (χ3n) is 7.25. The maximum atomic E-state index is 12.5. The van der Waals surface area contributed by atoms with Crippen LogP contribution < -0.4 is 0 Å². The normalized spacial score (nSPS) is 32.5. The first kappa shape index (κ1) is 33.4. The van der Waals surface area contributed by atoms with Gasteiger partial charge in [-0.15, -0.1) is 0 Å². The Bertz CT molecular complexity index is 1300. The number of phenolic OH excluding ortho intramolecular Hbond substituents is 4. The highest BCUT2D eigenvalue weighted by Gasteiger charge is 2.50. The minimum Gasteiger partial charge on any atom is -0.504 e. The van der Waals surface area contributed by atoms with E-state index in [1.807, 2.05) is 0 Å². The van der Waals surface area contributed by atoms with Crippen molar-refractivity contribution in [1.29, 1.82) is 0 Å². The van der Waals surface area contributed by atoms with Crippen molar-refractivity contribution in [1.82, 2.24) is 0 Å². The van der Waals surface area contributed by atoms with Crippen LogP contribution in [-0.2, 0) is 34.9 Å². The second-order valence-electron chi connectivity index (χ2n) is 10.5. The molecule has 4 rings (SSSR count). The van der Waals surface area contributed by atoms with Crippen molar-refractivity contribution in [2.45, 2.75) is 74.8 Å². The number of ether oxygens (including phenoxy) is 5. The van der Waals surface area contributed by atoms with Gasteiger partial charge in [-0.2, -0.15) is 0 Å². The monoisotopic (exact) mass is 624 g/mol. The highest BCUT2D eigenvalue weighted by molar-refractivity contribution is 5.87. The predicted octanol–water partition coefficient (Wildman–Crippen LogP) is -1.02. The van der Waals surface area contributed by atoms with E-state index in [-0.39, 0.29) is 30.3 Å². The predicted molar refractivity (Wildman–Crippen MR) is 147 cm³/mol. The Hall–Kier alpha value is -3.51. The summed E-state index contributed by atoms with van der Waals surface area (Å²) >= 11 is 0. The molecule has 2 aliphatic heterocycles. The summed E-state index contributed by atoms with van der Waals surface area (Å²) in [7, 11) is 0. The van der Waals surface area contributed by atoms with Crippen molar-refractivity contribution in [2.24, 2.45) is 0 Å². The quantitative estimate of drug-likeness (QED) is 0.0873. The molecule has 0 unspecified atom stereocenters. The summed E-state index contributed by atoms with van der Waals surface area (Å²) in [5, 5.41) is 90.6. The summed E-state index contributed by atoms with van der Waals surface area (Å²) in [6.07, 6.45) is -12.5. The van der Waals surface area contributed by atoms with E-state index in [9.17, 15) is 50.8 Å². The Morgan fingerprint density at radius 2 is 1.45 bits per heavy atom. The second kappa shape index (κ2) is 14.5. The first-order chi connectivity index (χ1) is 20.8. The molecule has 10 atom stereocenters. The smallest absolute Gasteiger partial charge is 0.330 e. The van der Waals surface area contributed by atoms with Gasteiger partial charge in [0.05, 0.1) is 12.7 Å². The number of aliphatic hydroxyl groups is 5. The van der Waals surface area contributed by atoms with E-state index in [1.54, 1.807) is 6.07 Å². The SMILES string of the molecule is C[C@@H]1O[C@@H](O[C@H]2[C@H](O)[C@@H](O)[C@H](OCCc3ccc(O)c(O)c3)O[C@@H]2COC(=O)C=Cc2ccc(O)c(O)c2)[C@H](O)[C@H](O)[C@H]1O. The van der Waals surface area contributed by atoms with E-state index in [2.05, 4.69) is 0 Å². The molecule has 0 amide bonds. The number of carbonyl (C=O) groups is 1. The maximum absolute atomic E-state index is 12.5. The number of phenols is 4. The first-order valence-electron chi connectivity index (χ1n) is 13.7. The van der Waals surface area contributed by atoms with Gasteiger partial charge in [0.25, 0.3) is 0 Å². The van der Waals surface area contributed by atoms with Crippen molar-refractivity contribution >= 4 is 12.0 Å². The summed E-state index contributed by atoms with van der Waals surface area (Å²) in [6, 6.07) is 8.05. The molecule has 2 fully saturated rings. The second-order valence-corrected chi connectivity index (χ2v) is 10.5. The molecular formula is C29H36O15. The fraction of sp³-hybridized carbons (Fsp3) is 0.483. The summed E-state index contributed by atoms with van der Waals surface area (Å²) in [6.45, 7) is 0.814. The topological polar surface area (TPSA) is 245 Å². The number of esters is 1.